The van der Waals surface area contributed by atoms with E-state index in [0.717, 1.165) is 16.7 Å². The zero-order valence-electron chi connectivity index (χ0n) is 13.8. The molecule has 0 amide bonds. The van der Waals surface area contributed by atoms with E-state index in [1.165, 1.54) is 18.3 Å². The van der Waals surface area contributed by atoms with Gasteiger partial charge in [0.15, 0.2) is 0 Å². The van der Waals surface area contributed by atoms with Crippen LogP contribution in [0.1, 0.15) is 16.7 Å². The molecule has 0 aliphatic carbocycles. The third-order valence-electron chi connectivity index (χ3n) is 3.32. The zero-order chi connectivity index (χ0) is 17.6. The fourth-order valence-electron chi connectivity index (χ4n) is 2.09. The Morgan fingerprint density at radius 3 is 2.46 bits per heavy atom. The molecular weight excluding hydrogens is 328 g/mol. The van der Waals surface area contributed by atoms with Crippen LogP contribution >= 0.6 is 0 Å². The van der Waals surface area contributed by atoms with Gasteiger partial charge in [0, 0.05) is 12.7 Å². The van der Waals surface area contributed by atoms with Crippen molar-refractivity contribution >= 4 is 16.2 Å². The standard InChI is InChI=1S/C17H20N2O4S/c1-13-4-7-16(8-5-13)24(20,21)19-18-11-14-6-9-17(23-3)15(10-14)12-22-2/h4-11,19H,12H2,1-3H3. The molecule has 0 aromatic heterocycles. The minimum absolute atomic E-state index is 0.167. The Kier molecular flexibility index (Phi) is 5.94. The van der Waals surface area contributed by atoms with Crippen LogP contribution in [0.5, 0.6) is 5.75 Å². The second-order valence-corrected chi connectivity index (χ2v) is 6.83. The van der Waals surface area contributed by atoms with Gasteiger partial charge in [-0.2, -0.15) is 13.5 Å². The number of methoxy groups -OCH3 is 2. The minimum Gasteiger partial charge on any atom is -0.496 e. The van der Waals surface area contributed by atoms with Crippen LogP contribution in [0.2, 0.25) is 0 Å². The lowest BCUT2D eigenvalue weighted by molar-refractivity contribution is 0.181. The number of nitrogens with zero attached hydrogens (tertiary/aromatic N) is 1. The largest absolute Gasteiger partial charge is 0.496 e. The van der Waals surface area contributed by atoms with E-state index in [1.807, 2.05) is 13.0 Å². The number of hydrazone groups is 1. The van der Waals surface area contributed by atoms with Gasteiger partial charge in [0.1, 0.15) is 5.75 Å². The van der Waals surface area contributed by atoms with Gasteiger partial charge in [0.05, 0.1) is 24.8 Å². The first kappa shape index (κ1) is 18.0. The maximum Gasteiger partial charge on any atom is 0.276 e. The highest BCUT2D eigenvalue weighted by Crippen LogP contribution is 2.20. The highest BCUT2D eigenvalue weighted by Gasteiger charge is 2.11. The van der Waals surface area contributed by atoms with Gasteiger partial charge in [-0.15, -0.1) is 0 Å². The Bertz CT molecular complexity index is 815. The topological polar surface area (TPSA) is 77.0 Å². The first-order valence-electron chi connectivity index (χ1n) is 7.23. The molecule has 6 nitrogen and oxygen atoms in total. The maximum atomic E-state index is 12.1. The molecule has 0 saturated carbocycles. The highest BCUT2D eigenvalue weighted by atomic mass is 32.2. The molecule has 0 fully saturated rings. The Hall–Kier alpha value is -2.38. The average molecular weight is 348 g/mol. The SMILES string of the molecule is COCc1cc(C=NNS(=O)(=O)c2ccc(C)cc2)ccc1OC. The molecule has 0 bridgehead atoms. The van der Waals surface area contributed by atoms with E-state index >= 15 is 0 Å². The molecule has 0 aliphatic rings. The number of hydrogen-bond acceptors (Lipinski definition) is 5. The van der Waals surface area contributed by atoms with Crippen molar-refractivity contribution in [3.05, 3.63) is 59.2 Å². The molecule has 2 rings (SSSR count). The Morgan fingerprint density at radius 1 is 1.12 bits per heavy atom. The molecule has 2 aromatic rings. The quantitative estimate of drug-likeness (QED) is 0.616. The van der Waals surface area contributed by atoms with Gasteiger partial charge in [-0.05, 0) is 42.8 Å². The summed E-state index contributed by atoms with van der Waals surface area (Å²) in [5.41, 5.74) is 2.57. The van der Waals surface area contributed by atoms with Crippen LogP contribution in [-0.4, -0.2) is 28.9 Å². The molecule has 0 spiro atoms. The normalized spacial score (nSPS) is 11.6. The molecule has 0 unspecified atom stereocenters. The Balaban J connectivity index is 2.13. The molecule has 0 heterocycles. The van der Waals surface area contributed by atoms with Crippen LogP contribution < -0.4 is 9.57 Å². The van der Waals surface area contributed by atoms with Crippen molar-refractivity contribution in [3.63, 3.8) is 0 Å². The van der Waals surface area contributed by atoms with E-state index in [-0.39, 0.29) is 4.90 Å². The molecular formula is C17H20N2O4S. The van der Waals surface area contributed by atoms with Gasteiger partial charge in [-0.1, -0.05) is 17.7 Å². The number of rotatable bonds is 7. The predicted octanol–water partition coefficient (Wildman–Crippen LogP) is 2.46. The van der Waals surface area contributed by atoms with Gasteiger partial charge >= 0.3 is 0 Å². The van der Waals surface area contributed by atoms with E-state index < -0.39 is 10.0 Å². The van der Waals surface area contributed by atoms with Crippen molar-refractivity contribution in [1.29, 1.82) is 0 Å². The lowest BCUT2D eigenvalue weighted by Crippen LogP contribution is -2.18. The van der Waals surface area contributed by atoms with Crippen molar-refractivity contribution in [2.45, 2.75) is 18.4 Å². The molecule has 0 aliphatic heterocycles. The van der Waals surface area contributed by atoms with Crippen LogP contribution in [0.3, 0.4) is 0 Å². The van der Waals surface area contributed by atoms with Crippen LogP contribution in [0.4, 0.5) is 0 Å². The summed E-state index contributed by atoms with van der Waals surface area (Å²) in [4.78, 5) is 2.37. The summed E-state index contributed by atoms with van der Waals surface area (Å²) in [5, 5.41) is 3.82. The number of nitrogens with one attached hydrogen (secondary N) is 1. The maximum absolute atomic E-state index is 12.1. The molecule has 2 aromatic carbocycles. The highest BCUT2D eigenvalue weighted by molar-refractivity contribution is 7.89. The van der Waals surface area contributed by atoms with Crippen LogP contribution in [0.25, 0.3) is 0 Å². The second-order valence-electron chi connectivity index (χ2n) is 5.17. The zero-order valence-corrected chi connectivity index (χ0v) is 14.6. The molecule has 1 N–H and O–H groups in total. The molecule has 0 atom stereocenters. The molecule has 7 heteroatoms. The fourth-order valence-corrected chi connectivity index (χ4v) is 2.88. The molecule has 0 saturated heterocycles. The average Bonchev–Trinajstić information content (AvgIpc) is 2.56. The summed E-state index contributed by atoms with van der Waals surface area (Å²) in [6.45, 7) is 2.28. The fraction of sp³-hybridized carbons (Fsp3) is 0.235. The molecule has 24 heavy (non-hydrogen) atoms. The number of aryl methyl sites for hydroxylation is 1. The van der Waals surface area contributed by atoms with Gasteiger partial charge in [-0.25, -0.2) is 4.83 Å². The van der Waals surface area contributed by atoms with Crippen molar-refractivity contribution < 1.29 is 17.9 Å². The van der Waals surface area contributed by atoms with Crippen molar-refractivity contribution in [1.82, 2.24) is 4.83 Å². The Labute approximate surface area is 142 Å². The second kappa shape index (κ2) is 7.94. The number of sulfonamides is 1. The lowest BCUT2D eigenvalue weighted by Gasteiger charge is -2.08. The number of benzene rings is 2. The van der Waals surface area contributed by atoms with E-state index in [9.17, 15) is 8.42 Å². The summed E-state index contributed by atoms with van der Waals surface area (Å²) in [7, 11) is -0.503. The van der Waals surface area contributed by atoms with E-state index in [4.69, 9.17) is 9.47 Å². The van der Waals surface area contributed by atoms with Gasteiger partial charge < -0.3 is 9.47 Å². The summed E-state index contributed by atoms with van der Waals surface area (Å²) in [6, 6.07) is 11.9. The van der Waals surface area contributed by atoms with E-state index in [1.54, 1.807) is 38.5 Å². The summed E-state index contributed by atoms with van der Waals surface area (Å²) in [6.07, 6.45) is 1.43. The first-order chi connectivity index (χ1) is 11.5. The number of ether oxygens (including phenoxy) is 2. The molecule has 128 valence electrons. The minimum atomic E-state index is -3.68. The number of hydrogen-bond donors (Lipinski definition) is 1. The monoisotopic (exact) mass is 348 g/mol. The summed E-state index contributed by atoms with van der Waals surface area (Å²) < 4.78 is 34.6. The lowest BCUT2D eigenvalue weighted by atomic mass is 10.1. The summed E-state index contributed by atoms with van der Waals surface area (Å²) in [5.74, 6) is 0.703. The van der Waals surface area contributed by atoms with Gasteiger partial charge in [0.25, 0.3) is 10.0 Å². The third kappa shape index (κ3) is 4.56. The first-order valence-corrected chi connectivity index (χ1v) is 8.72. The predicted molar refractivity (Wildman–Crippen MR) is 92.8 cm³/mol. The van der Waals surface area contributed by atoms with E-state index in [0.29, 0.717) is 12.4 Å². The van der Waals surface area contributed by atoms with E-state index in [2.05, 4.69) is 9.93 Å². The summed E-state index contributed by atoms with van der Waals surface area (Å²) >= 11 is 0. The van der Waals surface area contributed by atoms with Gasteiger partial charge in [0.2, 0.25) is 0 Å². The molecule has 0 radical (unpaired) electrons. The van der Waals surface area contributed by atoms with Crippen molar-refractivity contribution in [2.24, 2.45) is 5.10 Å². The third-order valence-corrected chi connectivity index (χ3v) is 4.56. The van der Waals surface area contributed by atoms with Gasteiger partial charge in [-0.3, -0.25) is 0 Å². The van der Waals surface area contributed by atoms with Crippen molar-refractivity contribution in [3.8, 4) is 5.75 Å². The Morgan fingerprint density at radius 2 is 1.83 bits per heavy atom. The van der Waals surface area contributed by atoms with Crippen LogP contribution in [-0.2, 0) is 21.4 Å². The van der Waals surface area contributed by atoms with Crippen LogP contribution in [0, 0.1) is 6.92 Å². The smallest absolute Gasteiger partial charge is 0.276 e. The van der Waals surface area contributed by atoms with Crippen LogP contribution in [0.15, 0.2) is 52.5 Å². The van der Waals surface area contributed by atoms with Crippen molar-refractivity contribution in [2.75, 3.05) is 14.2 Å².